The largest absolute Gasteiger partial charge is 0.481 e. The number of aliphatic carboxylic acids is 1. The Hall–Kier alpha value is -1.30. The number of nitrogens with zero attached hydrogens (tertiary/aromatic N) is 1. The molecule has 1 aliphatic carbocycles. The minimum Gasteiger partial charge on any atom is -0.481 e. The number of ether oxygens (including phenoxy) is 1. The van der Waals surface area contributed by atoms with Crippen LogP contribution < -0.4 is 5.32 Å². The van der Waals surface area contributed by atoms with Crippen LogP contribution >= 0.6 is 0 Å². The van der Waals surface area contributed by atoms with Crippen LogP contribution in [0.5, 0.6) is 0 Å². The topological polar surface area (TPSA) is 78.9 Å². The van der Waals surface area contributed by atoms with Crippen LogP contribution in [0, 0.1) is 5.92 Å². The summed E-state index contributed by atoms with van der Waals surface area (Å²) in [5, 5.41) is 11.7. The fourth-order valence-electron chi connectivity index (χ4n) is 2.30. The van der Waals surface area contributed by atoms with E-state index in [1.165, 1.54) is 0 Å². The van der Waals surface area contributed by atoms with Crippen molar-refractivity contribution in [2.45, 2.75) is 51.6 Å². The highest BCUT2D eigenvalue weighted by atomic mass is 16.5. The predicted octanol–water partition coefficient (Wildman–Crippen LogP) is 1.70. The first-order valence-electron chi connectivity index (χ1n) is 7.06. The first-order valence-corrected chi connectivity index (χ1v) is 7.06. The number of amides is 2. The standard InChI is InChI=1S/C14H26N2O4/c1-10(11-5-6-11)16(7-8-20-4)13(19)15-14(2,3)9-12(17)18/h10-11H,5-9H2,1-4H3,(H,15,19)(H,17,18). The average Bonchev–Trinajstić information content (AvgIpc) is 3.09. The molecule has 0 aliphatic heterocycles. The zero-order valence-corrected chi connectivity index (χ0v) is 12.8. The van der Waals surface area contributed by atoms with Crippen molar-refractivity contribution in [2.24, 2.45) is 5.92 Å². The van der Waals surface area contributed by atoms with Gasteiger partial charge in [0.15, 0.2) is 0 Å². The van der Waals surface area contributed by atoms with Crippen LogP contribution in [0.3, 0.4) is 0 Å². The number of carboxylic acids is 1. The number of carboxylic acid groups (broad SMARTS) is 1. The molecule has 20 heavy (non-hydrogen) atoms. The maximum Gasteiger partial charge on any atom is 0.318 e. The third-order valence-corrected chi connectivity index (χ3v) is 3.63. The summed E-state index contributed by atoms with van der Waals surface area (Å²) >= 11 is 0. The number of carbonyl (C=O) groups excluding carboxylic acids is 1. The monoisotopic (exact) mass is 286 g/mol. The lowest BCUT2D eigenvalue weighted by molar-refractivity contribution is -0.138. The SMILES string of the molecule is COCCN(C(=O)NC(C)(C)CC(=O)O)C(C)C1CC1. The van der Waals surface area contributed by atoms with Gasteiger partial charge in [-0.15, -0.1) is 0 Å². The highest BCUT2D eigenvalue weighted by Crippen LogP contribution is 2.35. The van der Waals surface area contributed by atoms with Crippen LogP contribution in [-0.4, -0.2) is 53.8 Å². The zero-order valence-electron chi connectivity index (χ0n) is 12.8. The second kappa shape index (κ2) is 6.92. The number of rotatable bonds is 8. The highest BCUT2D eigenvalue weighted by molar-refractivity contribution is 5.77. The highest BCUT2D eigenvalue weighted by Gasteiger charge is 2.35. The van der Waals surface area contributed by atoms with E-state index in [0.717, 1.165) is 12.8 Å². The van der Waals surface area contributed by atoms with Gasteiger partial charge < -0.3 is 20.1 Å². The van der Waals surface area contributed by atoms with Gasteiger partial charge in [0.2, 0.25) is 0 Å². The lowest BCUT2D eigenvalue weighted by Gasteiger charge is -2.33. The maximum atomic E-state index is 12.4. The van der Waals surface area contributed by atoms with Gasteiger partial charge >= 0.3 is 12.0 Å². The molecule has 6 heteroatoms. The number of hydrogen-bond donors (Lipinski definition) is 2. The zero-order chi connectivity index (χ0) is 15.3. The van der Waals surface area contributed by atoms with Gasteiger partial charge in [0.1, 0.15) is 0 Å². The Kier molecular flexibility index (Phi) is 5.80. The summed E-state index contributed by atoms with van der Waals surface area (Å²) in [7, 11) is 1.60. The van der Waals surface area contributed by atoms with Gasteiger partial charge in [-0.2, -0.15) is 0 Å². The van der Waals surface area contributed by atoms with E-state index in [2.05, 4.69) is 5.32 Å². The van der Waals surface area contributed by atoms with Gasteiger partial charge in [-0.1, -0.05) is 0 Å². The summed E-state index contributed by atoms with van der Waals surface area (Å²) in [6.07, 6.45) is 2.20. The fraction of sp³-hybridized carbons (Fsp3) is 0.857. The molecule has 0 saturated heterocycles. The van der Waals surface area contributed by atoms with E-state index in [1.807, 2.05) is 6.92 Å². The molecule has 1 atom stereocenters. The lowest BCUT2D eigenvalue weighted by atomic mass is 10.0. The molecule has 1 unspecified atom stereocenters. The molecule has 0 heterocycles. The molecule has 0 aromatic rings. The summed E-state index contributed by atoms with van der Waals surface area (Å²) < 4.78 is 5.05. The Labute approximate surface area is 120 Å². The summed E-state index contributed by atoms with van der Waals surface area (Å²) in [6.45, 7) is 6.47. The van der Waals surface area contributed by atoms with Crippen molar-refractivity contribution in [1.29, 1.82) is 0 Å². The van der Waals surface area contributed by atoms with Crippen LogP contribution in [0.1, 0.15) is 40.0 Å². The van der Waals surface area contributed by atoms with E-state index in [0.29, 0.717) is 19.1 Å². The third kappa shape index (κ3) is 5.36. The molecule has 2 amide bonds. The Balaban J connectivity index is 2.64. The molecule has 0 radical (unpaired) electrons. The summed E-state index contributed by atoms with van der Waals surface area (Å²) in [6, 6.07) is -0.0570. The molecule has 0 bridgehead atoms. The Morgan fingerprint density at radius 2 is 2.05 bits per heavy atom. The van der Waals surface area contributed by atoms with E-state index >= 15 is 0 Å². The van der Waals surface area contributed by atoms with E-state index in [-0.39, 0.29) is 18.5 Å². The molecule has 1 saturated carbocycles. The van der Waals surface area contributed by atoms with E-state index < -0.39 is 11.5 Å². The minimum absolute atomic E-state index is 0.103. The van der Waals surface area contributed by atoms with Crippen molar-refractivity contribution in [3.05, 3.63) is 0 Å². The molecule has 1 fully saturated rings. The van der Waals surface area contributed by atoms with Gasteiger partial charge in [0, 0.05) is 25.2 Å². The van der Waals surface area contributed by atoms with Gasteiger partial charge in [0.05, 0.1) is 13.0 Å². The number of carbonyl (C=O) groups is 2. The molecule has 6 nitrogen and oxygen atoms in total. The van der Waals surface area contributed by atoms with Crippen molar-refractivity contribution < 1.29 is 19.4 Å². The predicted molar refractivity (Wildman–Crippen MR) is 75.6 cm³/mol. The number of nitrogens with one attached hydrogen (secondary N) is 1. The Morgan fingerprint density at radius 3 is 2.50 bits per heavy atom. The third-order valence-electron chi connectivity index (χ3n) is 3.63. The molecule has 0 aromatic carbocycles. The number of hydrogen-bond acceptors (Lipinski definition) is 3. The van der Waals surface area contributed by atoms with Gasteiger partial charge in [-0.25, -0.2) is 4.79 Å². The molecule has 0 aromatic heterocycles. The van der Waals surface area contributed by atoms with Crippen LogP contribution in [-0.2, 0) is 9.53 Å². The first kappa shape index (κ1) is 16.8. The lowest BCUT2D eigenvalue weighted by Crippen LogP contribution is -2.54. The Bertz CT molecular complexity index is 353. The summed E-state index contributed by atoms with van der Waals surface area (Å²) in [4.78, 5) is 24.9. The van der Waals surface area contributed by atoms with Crippen molar-refractivity contribution >= 4 is 12.0 Å². The van der Waals surface area contributed by atoms with Gasteiger partial charge in [0.25, 0.3) is 0 Å². The molecule has 1 aliphatic rings. The van der Waals surface area contributed by atoms with E-state index in [4.69, 9.17) is 9.84 Å². The first-order chi connectivity index (χ1) is 9.26. The van der Waals surface area contributed by atoms with Crippen LogP contribution in [0.15, 0.2) is 0 Å². The van der Waals surface area contributed by atoms with Crippen LogP contribution in [0.25, 0.3) is 0 Å². The molecule has 1 rings (SSSR count). The van der Waals surface area contributed by atoms with Crippen LogP contribution in [0.4, 0.5) is 4.79 Å². The molecule has 2 N–H and O–H groups in total. The Morgan fingerprint density at radius 1 is 1.45 bits per heavy atom. The van der Waals surface area contributed by atoms with E-state index in [1.54, 1.807) is 25.9 Å². The summed E-state index contributed by atoms with van der Waals surface area (Å²) in [5.74, 6) is -0.367. The fourth-order valence-corrected chi connectivity index (χ4v) is 2.30. The second-order valence-corrected chi connectivity index (χ2v) is 6.15. The van der Waals surface area contributed by atoms with Crippen molar-refractivity contribution in [1.82, 2.24) is 10.2 Å². The normalized spacial score (nSPS) is 16.6. The van der Waals surface area contributed by atoms with Crippen LogP contribution in [0.2, 0.25) is 0 Å². The van der Waals surface area contributed by atoms with Crippen molar-refractivity contribution in [3.8, 4) is 0 Å². The maximum absolute atomic E-state index is 12.4. The second-order valence-electron chi connectivity index (χ2n) is 6.15. The van der Waals surface area contributed by atoms with Gasteiger partial charge in [-0.05, 0) is 39.5 Å². The molecular weight excluding hydrogens is 260 g/mol. The summed E-state index contributed by atoms with van der Waals surface area (Å²) in [5.41, 5.74) is -0.766. The van der Waals surface area contributed by atoms with Gasteiger partial charge in [-0.3, -0.25) is 4.79 Å². The molecule has 116 valence electrons. The minimum atomic E-state index is -0.922. The van der Waals surface area contributed by atoms with Crippen molar-refractivity contribution in [3.63, 3.8) is 0 Å². The number of methoxy groups -OCH3 is 1. The molecular formula is C14H26N2O4. The number of urea groups is 1. The van der Waals surface area contributed by atoms with E-state index in [9.17, 15) is 9.59 Å². The molecule has 0 spiro atoms. The average molecular weight is 286 g/mol. The van der Waals surface area contributed by atoms with Crippen molar-refractivity contribution in [2.75, 3.05) is 20.3 Å². The quantitative estimate of drug-likeness (QED) is 0.712. The smallest absolute Gasteiger partial charge is 0.318 e.